The number of hydrogen-bond donors (Lipinski definition) is 1. The van der Waals surface area contributed by atoms with Gasteiger partial charge >= 0.3 is 19.8 Å². The second-order valence-electron chi connectivity index (χ2n) is 25.3. The summed E-state index contributed by atoms with van der Waals surface area (Å²) >= 11 is 0. The summed E-state index contributed by atoms with van der Waals surface area (Å²) in [4.78, 5) is 35.9. The van der Waals surface area contributed by atoms with Crippen LogP contribution in [0.5, 0.6) is 0 Å². The standard InChI is InChI=1S/C74H136NO8P/c1-6-8-10-12-14-16-18-20-22-24-26-28-30-32-34-36-37-39-40-42-44-46-48-50-52-54-56-58-60-62-64-66-73(76)80-70-72(71-82-84(78,79)81-69-68-75(3,4)5)83-74(77)67-65-63-61-59-57-55-53-51-49-47-45-43-41-38-35-33-31-29-27-25-23-21-19-17-15-13-11-9-7-2/h9,11,15,17,21,23,27,29,33,35,41,43,72H,6-8,10,12-14,16,18-20,22,24-26,28,30-32,34,36-40,42,44-71H2,1-5H3/p+1/b11-9-,17-15-,23-21-,29-27-,35-33-,43-41-. The Labute approximate surface area is 520 Å². The van der Waals surface area contributed by atoms with E-state index in [0.717, 1.165) is 83.5 Å². The maximum absolute atomic E-state index is 12.9. The van der Waals surface area contributed by atoms with Gasteiger partial charge in [0.05, 0.1) is 27.7 Å². The highest BCUT2D eigenvalue weighted by Crippen LogP contribution is 2.43. The number of nitrogens with zero attached hydrogens (tertiary/aromatic N) is 1. The van der Waals surface area contributed by atoms with E-state index >= 15 is 0 Å². The third-order valence-electron chi connectivity index (χ3n) is 15.8. The molecule has 1 N–H and O–H groups in total. The first-order chi connectivity index (χ1) is 41.0. The van der Waals surface area contributed by atoms with E-state index in [1.54, 1.807) is 0 Å². The molecule has 0 spiro atoms. The van der Waals surface area contributed by atoms with Crippen molar-refractivity contribution in [3.05, 3.63) is 72.9 Å². The van der Waals surface area contributed by atoms with Gasteiger partial charge in [-0.3, -0.25) is 18.6 Å². The molecule has 0 aromatic carbocycles. The molecule has 0 aliphatic rings. The molecule has 0 aliphatic heterocycles. The Morgan fingerprint density at radius 2 is 0.679 bits per heavy atom. The number of rotatable bonds is 66. The van der Waals surface area contributed by atoms with Crippen LogP contribution in [0, 0.1) is 0 Å². The molecule has 0 radical (unpaired) electrons. The molecule has 0 saturated heterocycles. The highest BCUT2D eigenvalue weighted by atomic mass is 31.2. The van der Waals surface area contributed by atoms with Gasteiger partial charge in [0.15, 0.2) is 6.10 Å². The van der Waals surface area contributed by atoms with Gasteiger partial charge in [0.2, 0.25) is 0 Å². The third-order valence-corrected chi connectivity index (χ3v) is 16.7. The number of likely N-dealkylation sites (N-methyl/N-ethyl adjacent to an activating group) is 1. The number of carbonyl (C=O) groups excluding carboxylic acids is 2. The molecule has 2 atom stereocenters. The lowest BCUT2D eigenvalue weighted by Crippen LogP contribution is -2.37. The van der Waals surface area contributed by atoms with E-state index < -0.39 is 26.5 Å². The topological polar surface area (TPSA) is 108 Å². The first kappa shape index (κ1) is 81.5. The molecule has 84 heavy (non-hydrogen) atoms. The number of phosphoric ester groups is 1. The lowest BCUT2D eigenvalue weighted by molar-refractivity contribution is -0.870. The third kappa shape index (κ3) is 68.6. The van der Waals surface area contributed by atoms with Crippen LogP contribution in [0.25, 0.3) is 0 Å². The molecule has 9 nitrogen and oxygen atoms in total. The molecule has 0 aromatic heterocycles. The minimum atomic E-state index is -4.40. The smallest absolute Gasteiger partial charge is 0.462 e. The van der Waals surface area contributed by atoms with Crippen LogP contribution in [0.4, 0.5) is 0 Å². The fourth-order valence-corrected chi connectivity index (χ4v) is 11.1. The zero-order valence-electron chi connectivity index (χ0n) is 55.9. The Hall–Kier alpha value is -2.55. The number of hydrogen-bond acceptors (Lipinski definition) is 7. The first-order valence-electron chi connectivity index (χ1n) is 35.7. The van der Waals surface area contributed by atoms with Gasteiger partial charge in [-0.05, 0) is 64.2 Å². The number of allylic oxidation sites excluding steroid dienone is 12. The van der Waals surface area contributed by atoms with Crippen molar-refractivity contribution in [2.75, 3.05) is 47.5 Å². The van der Waals surface area contributed by atoms with E-state index in [4.69, 9.17) is 18.5 Å². The van der Waals surface area contributed by atoms with Crippen molar-refractivity contribution in [2.24, 2.45) is 0 Å². The summed E-state index contributed by atoms with van der Waals surface area (Å²) in [6.07, 6.45) is 87.3. The summed E-state index contributed by atoms with van der Waals surface area (Å²) in [5, 5.41) is 0. The highest BCUT2D eigenvalue weighted by Gasteiger charge is 2.27. The largest absolute Gasteiger partial charge is 0.472 e. The van der Waals surface area contributed by atoms with Crippen molar-refractivity contribution in [3.63, 3.8) is 0 Å². The van der Waals surface area contributed by atoms with E-state index in [-0.39, 0.29) is 25.6 Å². The van der Waals surface area contributed by atoms with Crippen molar-refractivity contribution in [2.45, 2.75) is 341 Å². The van der Waals surface area contributed by atoms with Gasteiger partial charge < -0.3 is 18.9 Å². The van der Waals surface area contributed by atoms with E-state index in [2.05, 4.69) is 86.8 Å². The van der Waals surface area contributed by atoms with Gasteiger partial charge in [0.25, 0.3) is 0 Å². The first-order valence-corrected chi connectivity index (χ1v) is 37.2. The summed E-state index contributed by atoms with van der Waals surface area (Å²) in [7, 11) is 1.48. The maximum Gasteiger partial charge on any atom is 0.472 e. The monoisotopic (exact) mass is 1200 g/mol. The average Bonchev–Trinajstić information content (AvgIpc) is 3.61. The predicted molar refractivity (Wildman–Crippen MR) is 363 cm³/mol. The second-order valence-corrected chi connectivity index (χ2v) is 26.7. The van der Waals surface area contributed by atoms with Crippen LogP contribution in [0.1, 0.15) is 335 Å². The van der Waals surface area contributed by atoms with Crippen molar-refractivity contribution in [3.8, 4) is 0 Å². The number of ether oxygens (including phenoxy) is 2. The molecule has 0 bridgehead atoms. The van der Waals surface area contributed by atoms with Gasteiger partial charge in [0.1, 0.15) is 19.8 Å². The average molecular weight is 1200 g/mol. The Morgan fingerprint density at radius 1 is 0.381 bits per heavy atom. The molecular weight excluding hydrogens is 1060 g/mol. The zero-order valence-corrected chi connectivity index (χ0v) is 56.8. The number of unbranched alkanes of at least 4 members (excludes halogenated alkanes) is 40. The summed E-state index contributed by atoms with van der Waals surface area (Å²) in [5.74, 6) is -0.790. The van der Waals surface area contributed by atoms with E-state index in [1.807, 2.05) is 21.1 Å². The number of phosphoric acid groups is 1. The van der Waals surface area contributed by atoms with Crippen LogP contribution in [0.2, 0.25) is 0 Å². The molecule has 0 rings (SSSR count). The maximum atomic E-state index is 12.9. The minimum Gasteiger partial charge on any atom is -0.462 e. The van der Waals surface area contributed by atoms with Crippen LogP contribution >= 0.6 is 7.82 Å². The Morgan fingerprint density at radius 3 is 1.01 bits per heavy atom. The zero-order chi connectivity index (χ0) is 61.2. The van der Waals surface area contributed by atoms with E-state index in [9.17, 15) is 19.0 Å². The number of carbonyl (C=O) groups is 2. The Balaban J connectivity index is 4.03. The fourth-order valence-electron chi connectivity index (χ4n) is 10.3. The quantitative estimate of drug-likeness (QED) is 0.0211. The Bertz CT molecular complexity index is 1650. The van der Waals surface area contributed by atoms with Crippen molar-refractivity contribution in [1.82, 2.24) is 0 Å². The van der Waals surface area contributed by atoms with Crippen molar-refractivity contribution >= 4 is 19.8 Å². The molecule has 490 valence electrons. The summed E-state index contributed by atoms with van der Waals surface area (Å²) in [6.45, 7) is 4.37. The van der Waals surface area contributed by atoms with Gasteiger partial charge in [0, 0.05) is 12.8 Å². The normalized spacial score (nSPS) is 13.5. The lowest BCUT2D eigenvalue weighted by atomic mass is 10.0. The van der Waals surface area contributed by atoms with Gasteiger partial charge in [-0.25, -0.2) is 4.57 Å². The molecule has 10 heteroatoms. The number of quaternary nitrogens is 1. The molecule has 0 aliphatic carbocycles. The van der Waals surface area contributed by atoms with Crippen LogP contribution in [-0.4, -0.2) is 74.9 Å². The molecule has 0 amide bonds. The van der Waals surface area contributed by atoms with Crippen LogP contribution in [0.15, 0.2) is 72.9 Å². The van der Waals surface area contributed by atoms with Crippen LogP contribution < -0.4 is 0 Å². The molecule has 0 heterocycles. The van der Waals surface area contributed by atoms with Crippen molar-refractivity contribution < 1.29 is 42.1 Å². The SMILES string of the molecule is CC/C=C\C/C=C\C/C=C\C/C=C\C/C=C\C/C=C\CCCCCCCCCCCCC(=O)OC(COC(=O)CCCCCCCCCCCCCCCCCCCCCCCCCCCCCCCCC)COP(=O)(O)OCC[N+](C)(C)C. The minimum absolute atomic E-state index is 0.0299. The summed E-state index contributed by atoms with van der Waals surface area (Å²) in [5.41, 5.74) is 0. The van der Waals surface area contributed by atoms with Crippen LogP contribution in [-0.2, 0) is 32.7 Å². The van der Waals surface area contributed by atoms with E-state index in [0.29, 0.717) is 23.9 Å². The molecular formula is C74H137NO8P+. The van der Waals surface area contributed by atoms with Gasteiger partial charge in [-0.2, -0.15) is 0 Å². The molecule has 0 saturated carbocycles. The second kappa shape index (κ2) is 64.9. The molecule has 2 unspecified atom stereocenters. The van der Waals surface area contributed by atoms with Crippen molar-refractivity contribution in [1.29, 1.82) is 0 Å². The van der Waals surface area contributed by atoms with Gasteiger partial charge in [-0.1, -0.05) is 331 Å². The molecule has 0 fully saturated rings. The summed E-state index contributed by atoms with van der Waals surface area (Å²) in [6, 6.07) is 0. The Kier molecular flexibility index (Phi) is 62.9. The van der Waals surface area contributed by atoms with Crippen LogP contribution in [0.3, 0.4) is 0 Å². The predicted octanol–water partition coefficient (Wildman–Crippen LogP) is 23.2. The highest BCUT2D eigenvalue weighted by molar-refractivity contribution is 7.47. The number of esters is 2. The fraction of sp³-hybridized carbons (Fsp3) is 0.811. The summed E-state index contributed by atoms with van der Waals surface area (Å²) < 4.78 is 34.7. The lowest BCUT2D eigenvalue weighted by Gasteiger charge is -2.24. The molecule has 0 aromatic rings. The van der Waals surface area contributed by atoms with Gasteiger partial charge in [-0.15, -0.1) is 0 Å². The van der Waals surface area contributed by atoms with E-state index in [1.165, 1.54) is 218 Å².